The number of para-hydroxylation sites is 1. The highest BCUT2D eigenvalue weighted by molar-refractivity contribution is 5.90. The van der Waals surface area contributed by atoms with Gasteiger partial charge in [-0.1, -0.05) is 31.0 Å². The molecular weight excluding hydrogens is 308 g/mol. The number of nitrogens with one attached hydrogen (secondary N) is 3. The van der Waals surface area contributed by atoms with Crippen molar-refractivity contribution < 1.29 is 14.8 Å². The van der Waals surface area contributed by atoms with E-state index in [1.54, 1.807) is 24.2 Å². The van der Waals surface area contributed by atoms with Crippen molar-refractivity contribution in [1.29, 1.82) is 0 Å². The number of anilines is 1. The average Bonchev–Trinajstić information content (AvgIpc) is 3.18. The molecule has 0 aliphatic rings. The molecule has 0 fully saturated rings. The molecule has 2 aromatic rings. The predicted octanol–water partition coefficient (Wildman–Crippen LogP) is 2.88. The van der Waals surface area contributed by atoms with Gasteiger partial charge in [0.2, 0.25) is 11.8 Å². The van der Waals surface area contributed by atoms with Crippen LogP contribution in [0.2, 0.25) is 0 Å². The van der Waals surface area contributed by atoms with Gasteiger partial charge in [-0.25, -0.2) is 10.5 Å². The first kappa shape index (κ1) is 19.4. The average molecular weight is 332 g/mol. The molecule has 0 aliphatic heterocycles. The fourth-order valence-corrected chi connectivity index (χ4v) is 1.94. The molecule has 7 nitrogen and oxygen atoms in total. The van der Waals surface area contributed by atoms with E-state index in [0.717, 1.165) is 31.4 Å². The highest BCUT2D eigenvalue weighted by Crippen LogP contribution is 2.09. The molecule has 0 saturated carbocycles. The first-order valence-corrected chi connectivity index (χ1v) is 7.93. The van der Waals surface area contributed by atoms with Gasteiger partial charge in [0.25, 0.3) is 0 Å². The number of hydrogen-bond acceptors (Lipinski definition) is 4. The standard InChI is InChI=1S/C14H20N2O3.C3H4N2/c17-13(15-12-8-4-3-5-9-12)10-6-1-2-7-11-14(18)16-19;1-2-5-3-4-1/h3-5,8-9,19H,1-2,6-7,10-11H2,(H,15,17)(H,16,18);1-3H,(H,4,5). The van der Waals surface area contributed by atoms with Crippen LogP contribution < -0.4 is 10.8 Å². The molecule has 2 amide bonds. The second-order valence-electron chi connectivity index (χ2n) is 5.12. The Balaban J connectivity index is 0.000000488. The predicted molar refractivity (Wildman–Crippen MR) is 91.3 cm³/mol. The number of aromatic nitrogens is 2. The number of carbonyl (C=O) groups excluding carboxylic acids is 2. The monoisotopic (exact) mass is 332 g/mol. The minimum Gasteiger partial charge on any atom is -0.351 e. The normalized spacial score (nSPS) is 9.54. The minimum atomic E-state index is -0.359. The summed E-state index contributed by atoms with van der Waals surface area (Å²) in [6, 6.07) is 9.36. The van der Waals surface area contributed by atoms with Crippen molar-refractivity contribution in [2.75, 3.05) is 5.32 Å². The number of imidazole rings is 1. The Hall–Kier alpha value is -2.67. The van der Waals surface area contributed by atoms with Crippen molar-refractivity contribution in [3.05, 3.63) is 49.1 Å². The van der Waals surface area contributed by atoms with Crippen LogP contribution >= 0.6 is 0 Å². The van der Waals surface area contributed by atoms with Crippen LogP contribution in [0.25, 0.3) is 0 Å². The van der Waals surface area contributed by atoms with E-state index < -0.39 is 0 Å². The molecule has 0 aliphatic carbocycles. The van der Waals surface area contributed by atoms with E-state index in [1.807, 2.05) is 30.3 Å². The van der Waals surface area contributed by atoms with E-state index in [9.17, 15) is 9.59 Å². The smallest absolute Gasteiger partial charge is 0.243 e. The summed E-state index contributed by atoms with van der Waals surface area (Å²) < 4.78 is 0. The quantitative estimate of drug-likeness (QED) is 0.339. The van der Waals surface area contributed by atoms with Crippen molar-refractivity contribution in [3.63, 3.8) is 0 Å². The number of unbranched alkanes of at least 4 members (excludes halogenated alkanes) is 3. The zero-order chi connectivity index (χ0) is 17.5. The third-order valence-corrected chi connectivity index (χ3v) is 3.15. The first-order chi connectivity index (χ1) is 11.7. The molecule has 0 saturated heterocycles. The largest absolute Gasteiger partial charge is 0.351 e. The van der Waals surface area contributed by atoms with Gasteiger partial charge in [0, 0.05) is 30.9 Å². The van der Waals surface area contributed by atoms with Gasteiger partial charge in [-0.3, -0.25) is 14.8 Å². The molecule has 7 heteroatoms. The minimum absolute atomic E-state index is 0.0132. The van der Waals surface area contributed by atoms with Gasteiger partial charge < -0.3 is 10.3 Å². The van der Waals surface area contributed by atoms with Crippen LogP contribution in [-0.4, -0.2) is 27.0 Å². The molecule has 0 radical (unpaired) electrons. The summed E-state index contributed by atoms with van der Waals surface area (Å²) in [6.07, 6.45) is 9.22. The summed E-state index contributed by atoms with van der Waals surface area (Å²) in [7, 11) is 0. The van der Waals surface area contributed by atoms with Crippen molar-refractivity contribution in [1.82, 2.24) is 15.4 Å². The molecule has 1 aromatic carbocycles. The number of amides is 2. The number of hydrogen-bond donors (Lipinski definition) is 4. The molecule has 130 valence electrons. The second kappa shape index (κ2) is 12.8. The van der Waals surface area contributed by atoms with Gasteiger partial charge in [-0.2, -0.15) is 0 Å². The summed E-state index contributed by atoms with van der Waals surface area (Å²) in [5.41, 5.74) is 2.41. The molecule has 2 rings (SSSR count). The molecule has 1 aromatic heterocycles. The lowest BCUT2D eigenvalue weighted by molar-refractivity contribution is -0.129. The highest BCUT2D eigenvalue weighted by Gasteiger charge is 2.02. The van der Waals surface area contributed by atoms with E-state index in [1.165, 1.54) is 0 Å². The third kappa shape index (κ3) is 10.1. The number of rotatable bonds is 8. The number of H-pyrrole nitrogens is 1. The highest BCUT2D eigenvalue weighted by atomic mass is 16.5. The molecule has 4 N–H and O–H groups in total. The van der Waals surface area contributed by atoms with Gasteiger partial charge in [0.15, 0.2) is 0 Å². The zero-order valence-electron chi connectivity index (χ0n) is 13.6. The second-order valence-corrected chi connectivity index (χ2v) is 5.12. The number of nitrogens with zero attached hydrogens (tertiary/aromatic N) is 1. The van der Waals surface area contributed by atoms with Gasteiger partial charge in [-0.15, -0.1) is 0 Å². The van der Waals surface area contributed by atoms with Crippen LogP contribution in [-0.2, 0) is 9.59 Å². The Morgan fingerprint density at radius 1 is 1.00 bits per heavy atom. The van der Waals surface area contributed by atoms with Crippen LogP contribution in [0.15, 0.2) is 49.1 Å². The van der Waals surface area contributed by atoms with Crippen LogP contribution in [0.1, 0.15) is 38.5 Å². The van der Waals surface area contributed by atoms with Crippen molar-refractivity contribution in [3.8, 4) is 0 Å². The molecular formula is C17H24N4O3. The third-order valence-electron chi connectivity index (χ3n) is 3.15. The summed E-state index contributed by atoms with van der Waals surface area (Å²) in [5, 5.41) is 11.1. The molecule has 0 atom stereocenters. The number of benzene rings is 1. The van der Waals surface area contributed by atoms with E-state index >= 15 is 0 Å². The molecule has 0 bridgehead atoms. The summed E-state index contributed by atoms with van der Waals surface area (Å²) in [6.45, 7) is 0. The van der Waals surface area contributed by atoms with E-state index in [-0.39, 0.29) is 11.8 Å². The summed E-state index contributed by atoms with van der Waals surface area (Å²) in [5.74, 6) is -0.346. The maximum absolute atomic E-state index is 11.6. The van der Waals surface area contributed by atoms with Gasteiger partial charge in [0.05, 0.1) is 6.33 Å². The molecule has 0 spiro atoms. The Morgan fingerprint density at radius 3 is 2.17 bits per heavy atom. The number of carbonyl (C=O) groups is 2. The van der Waals surface area contributed by atoms with E-state index in [0.29, 0.717) is 12.8 Å². The maximum Gasteiger partial charge on any atom is 0.243 e. The van der Waals surface area contributed by atoms with Gasteiger partial charge in [0.1, 0.15) is 0 Å². The number of hydroxylamine groups is 1. The van der Waals surface area contributed by atoms with Crippen LogP contribution in [0.5, 0.6) is 0 Å². The summed E-state index contributed by atoms with van der Waals surface area (Å²) in [4.78, 5) is 28.7. The summed E-state index contributed by atoms with van der Waals surface area (Å²) >= 11 is 0. The van der Waals surface area contributed by atoms with Gasteiger partial charge >= 0.3 is 0 Å². The fraction of sp³-hybridized carbons (Fsp3) is 0.353. The molecule has 0 unspecified atom stereocenters. The Bertz CT molecular complexity index is 541. The fourth-order valence-electron chi connectivity index (χ4n) is 1.94. The van der Waals surface area contributed by atoms with Crippen LogP contribution in [0, 0.1) is 0 Å². The van der Waals surface area contributed by atoms with Crippen molar-refractivity contribution in [2.24, 2.45) is 0 Å². The SMILES string of the molecule is O=C(CCCCCCC(=O)Nc1ccccc1)NO.c1c[nH]cn1. The van der Waals surface area contributed by atoms with E-state index in [2.05, 4.69) is 15.3 Å². The van der Waals surface area contributed by atoms with Crippen LogP contribution in [0.3, 0.4) is 0 Å². The van der Waals surface area contributed by atoms with Gasteiger partial charge in [-0.05, 0) is 25.0 Å². The zero-order valence-corrected chi connectivity index (χ0v) is 13.6. The lowest BCUT2D eigenvalue weighted by Gasteiger charge is -2.04. The Morgan fingerprint density at radius 2 is 1.67 bits per heavy atom. The van der Waals surface area contributed by atoms with Crippen LogP contribution in [0.4, 0.5) is 5.69 Å². The molecule has 1 heterocycles. The molecule has 24 heavy (non-hydrogen) atoms. The van der Waals surface area contributed by atoms with Crippen molar-refractivity contribution in [2.45, 2.75) is 38.5 Å². The maximum atomic E-state index is 11.6. The Labute approximate surface area is 141 Å². The number of aromatic amines is 1. The Kier molecular flexibility index (Phi) is 10.4. The lowest BCUT2D eigenvalue weighted by atomic mass is 10.1. The first-order valence-electron chi connectivity index (χ1n) is 7.93. The van der Waals surface area contributed by atoms with Crippen molar-refractivity contribution >= 4 is 17.5 Å². The topological polar surface area (TPSA) is 107 Å². The van der Waals surface area contributed by atoms with E-state index in [4.69, 9.17) is 5.21 Å². The lowest BCUT2D eigenvalue weighted by Crippen LogP contribution is -2.17.